The molecule has 0 atom stereocenters. The van der Waals surface area contributed by atoms with Crippen LogP contribution in [0.3, 0.4) is 0 Å². The monoisotopic (exact) mass is 313 g/mol. The van der Waals surface area contributed by atoms with Gasteiger partial charge >= 0.3 is 6.09 Å². The Morgan fingerprint density at radius 3 is 2.70 bits per heavy atom. The minimum absolute atomic E-state index is 0.398. The average molecular weight is 313 g/mol. The van der Waals surface area contributed by atoms with E-state index in [0.717, 1.165) is 16.3 Å². The van der Waals surface area contributed by atoms with E-state index >= 15 is 0 Å². The first-order chi connectivity index (χ1) is 10.9. The van der Waals surface area contributed by atoms with Gasteiger partial charge in [0.15, 0.2) is 0 Å². The first-order valence-corrected chi connectivity index (χ1v) is 7.63. The van der Waals surface area contributed by atoms with E-state index in [9.17, 15) is 4.79 Å². The van der Waals surface area contributed by atoms with Crippen LogP contribution < -0.4 is 11.1 Å². The predicted molar refractivity (Wildman–Crippen MR) is 94.0 cm³/mol. The number of hydrogen-bond donors (Lipinski definition) is 2. The fourth-order valence-electron chi connectivity index (χ4n) is 2.15. The van der Waals surface area contributed by atoms with Crippen LogP contribution in [0.5, 0.6) is 0 Å². The lowest BCUT2D eigenvalue weighted by Gasteiger charge is -2.19. The molecule has 0 bridgehead atoms. The maximum absolute atomic E-state index is 11.5. The summed E-state index contributed by atoms with van der Waals surface area (Å²) < 4.78 is 5.18. The van der Waals surface area contributed by atoms with Crippen LogP contribution in [-0.2, 0) is 4.74 Å². The van der Waals surface area contributed by atoms with Crippen molar-refractivity contribution in [1.82, 2.24) is 10.3 Å². The number of ether oxygens (including phenoxy) is 1. The second-order valence-corrected chi connectivity index (χ2v) is 6.26. The summed E-state index contributed by atoms with van der Waals surface area (Å²) in [6.45, 7) is 6.04. The number of anilines is 1. The molecule has 3 N–H and O–H groups in total. The lowest BCUT2D eigenvalue weighted by atomic mass is 10.1. The number of carbonyl (C=O) groups is 1. The number of benzene rings is 1. The summed E-state index contributed by atoms with van der Waals surface area (Å²) in [5.74, 6) is 0.532. The quantitative estimate of drug-likeness (QED) is 0.843. The Kier molecular flexibility index (Phi) is 5.21. The zero-order valence-corrected chi connectivity index (χ0v) is 13.8. The van der Waals surface area contributed by atoms with Gasteiger partial charge in [0, 0.05) is 23.7 Å². The van der Waals surface area contributed by atoms with Gasteiger partial charge in [0.1, 0.15) is 11.4 Å². The molecular formula is C18H23N3O2. The third-order valence-electron chi connectivity index (χ3n) is 3.13. The van der Waals surface area contributed by atoms with Gasteiger partial charge in [0.05, 0.1) is 0 Å². The van der Waals surface area contributed by atoms with E-state index in [0.29, 0.717) is 18.8 Å². The summed E-state index contributed by atoms with van der Waals surface area (Å²) >= 11 is 0. The van der Waals surface area contributed by atoms with Crippen molar-refractivity contribution in [3.05, 3.63) is 42.1 Å². The Morgan fingerprint density at radius 2 is 2.00 bits per heavy atom. The highest BCUT2D eigenvalue weighted by molar-refractivity contribution is 5.96. The molecule has 5 nitrogen and oxygen atoms in total. The number of aromatic nitrogens is 1. The van der Waals surface area contributed by atoms with Crippen LogP contribution in [0.15, 0.2) is 36.5 Å². The zero-order chi connectivity index (χ0) is 16.9. The first-order valence-electron chi connectivity index (χ1n) is 7.63. The number of nitrogens with one attached hydrogen (secondary N) is 1. The van der Waals surface area contributed by atoms with Gasteiger partial charge in [0.25, 0.3) is 0 Å². The van der Waals surface area contributed by atoms with Gasteiger partial charge < -0.3 is 15.8 Å². The molecule has 0 spiro atoms. The van der Waals surface area contributed by atoms with Gasteiger partial charge in [-0.3, -0.25) is 0 Å². The van der Waals surface area contributed by atoms with Gasteiger partial charge in [-0.05, 0) is 32.6 Å². The van der Waals surface area contributed by atoms with Crippen LogP contribution in [0.2, 0.25) is 0 Å². The molecule has 2 aromatic rings. The van der Waals surface area contributed by atoms with Crippen LogP contribution in [0, 0.1) is 0 Å². The molecule has 122 valence electrons. The van der Waals surface area contributed by atoms with Gasteiger partial charge in [0.2, 0.25) is 0 Å². The highest BCUT2D eigenvalue weighted by Gasteiger charge is 2.15. The van der Waals surface area contributed by atoms with Gasteiger partial charge in [-0.1, -0.05) is 36.4 Å². The van der Waals surface area contributed by atoms with Crippen molar-refractivity contribution in [2.45, 2.75) is 32.8 Å². The largest absolute Gasteiger partial charge is 0.444 e. The summed E-state index contributed by atoms with van der Waals surface area (Å²) in [7, 11) is 0. The molecule has 1 amide bonds. The van der Waals surface area contributed by atoms with Crippen molar-refractivity contribution < 1.29 is 9.53 Å². The molecule has 23 heavy (non-hydrogen) atoms. The predicted octanol–water partition coefficient (Wildman–Crippen LogP) is 3.75. The Morgan fingerprint density at radius 1 is 1.30 bits per heavy atom. The highest BCUT2D eigenvalue weighted by atomic mass is 16.6. The number of nitrogens with two attached hydrogens (primary N) is 1. The topological polar surface area (TPSA) is 77.2 Å². The third-order valence-corrected chi connectivity index (χ3v) is 3.13. The van der Waals surface area contributed by atoms with Gasteiger partial charge in [-0.25, -0.2) is 9.78 Å². The lowest BCUT2D eigenvalue weighted by molar-refractivity contribution is 0.0529. The van der Waals surface area contributed by atoms with E-state index in [4.69, 9.17) is 10.5 Å². The van der Waals surface area contributed by atoms with Gasteiger partial charge in [-0.2, -0.15) is 0 Å². The first kappa shape index (κ1) is 16.8. The Bertz CT molecular complexity index is 718. The number of amides is 1. The van der Waals surface area contributed by atoms with Crippen molar-refractivity contribution in [2.24, 2.45) is 0 Å². The normalized spacial score (nSPS) is 11.8. The number of hydrogen-bond acceptors (Lipinski definition) is 4. The smallest absolute Gasteiger partial charge is 0.407 e. The molecule has 0 fully saturated rings. The van der Waals surface area contributed by atoms with E-state index in [1.165, 1.54) is 0 Å². The fraction of sp³-hybridized carbons (Fsp3) is 0.333. The molecule has 0 saturated carbocycles. The summed E-state index contributed by atoms with van der Waals surface area (Å²) in [5, 5.41) is 4.74. The number of nitrogen functional groups attached to an aromatic ring is 1. The molecule has 1 heterocycles. The summed E-state index contributed by atoms with van der Waals surface area (Å²) in [5.41, 5.74) is 6.42. The van der Waals surface area contributed by atoms with E-state index in [1.54, 1.807) is 6.20 Å². The lowest BCUT2D eigenvalue weighted by Crippen LogP contribution is -2.32. The SMILES string of the molecule is CC(C)(C)OC(=O)NCCC=Cc1cnc(N)c2ccccc12. The Balaban J connectivity index is 1.92. The van der Waals surface area contributed by atoms with Crippen LogP contribution in [-0.4, -0.2) is 23.2 Å². The second-order valence-electron chi connectivity index (χ2n) is 6.26. The molecule has 0 aliphatic carbocycles. The van der Waals surface area contributed by atoms with Crippen molar-refractivity contribution in [3.8, 4) is 0 Å². The highest BCUT2D eigenvalue weighted by Crippen LogP contribution is 2.23. The van der Waals surface area contributed by atoms with E-state index in [2.05, 4.69) is 10.3 Å². The van der Waals surface area contributed by atoms with Crippen molar-refractivity contribution in [2.75, 3.05) is 12.3 Å². The zero-order valence-electron chi connectivity index (χ0n) is 13.8. The average Bonchev–Trinajstić information content (AvgIpc) is 2.47. The molecule has 0 radical (unpaired) electrons. The standard InChI is InChI=1S/C18H23N3O2/c1-18(2,3)23-17(22)20-11-7-6-8-13-12-21-16(19)15-10-5-4-9-14(13)15/h4-6,8-10,12H,7,11H2,1-3H3,(H2,19,21)(H,20,22). The summed E-state index contributed by atoms with van der Waals surface area (Å²) in [4.78, 5) is 15.7. The molecule has 0 saturated heterocycles. The molecule has 5 heteroatoms. The maximum Gasteiger partial charge on any atom is 0.407 e. The third kappa shape index (κ3) is 4.98. The molecule has 0 aliphatic heterocycles. The molecule has 2 rings (SSSR count). The van der Waals surface area contributed by atoms with E-state index in [-0.39, 0.29) is 0 Å². The molecule has 1 aromatic carbocycles. The van der Waals surface area contributed by atoms with Crippen LogP contribution in [0.1, 0.15) is 32.8 Å². The fourth-order valence-corrected chi connectivity index (χ4v) is 2.15. The van der Waals surface area contributed by atoms with E-state index < -0.39 is 11.7 Å². The minimum atomic E-state index is -0.478. The maximum atomic E-state index is 11.5. The number of fused-ring (bicyclic) bond motifs is 1. The van der Waals surface area contributed by atoms with E-state index in [1.807, 2.05) is 57.2 Å². The summed E-state index contributed by atoms with van der Waals surface area (Å²) in [6.07, 6.45) is 6.06. The van der Waals surface area contributed by atoms with Crippen LogP contribution in [0.4, 0.5) is 10.6 Å². The number of rotatable bonds is 4. The van der Waals surface area contributed by atoms with Crippen molar-refractivity contribution >= 4 is 28.8 Å². The second kappa shape index (κ2) is 7.13. The van der Waals surface area contributed by atoms with Crippen LogP contribution >= 0.6 is 0 Å². The molecule has 1 aromatic heterocycles. The van der Waals surface area contributed by atoms with Crippen molar-refractivity contribution in [1.29, 1.82) is 0 Å². The van der Waals surface area contributed by atoms with Gasteiger partial charge in [-0.15, -0.1) is 0 Å². The number of pyridine rings is 1. The minimum Gasteiger partial charge on any atom is -0.444 e. The van der Waals surface area contributed by atoms with Crippen molar-refractivity contribution in [3.63, 3.8) is 0 Å². The Labute approximate surface area is 136 Å². The van der Waals surface area contributed by atoms with Crippen LogP contribution in [0.25, 0.3) is 16.8 Å². The number of nitrogens with zero attached hydrogens (tertiary/aromatic N) is 1. The molecular weight excluding hydrogens is 290 g/mol. The molecule has 0 unspecified atom stereocenters. The number of carbonyl (C=O) groups excluding carboxylic acids is 1. The number of alkyl carbamates (subject to hydrolysis) is 1. The Hall–Kier alpha value is -2.56. The molecule has 0 aliphatic rings. The summed E-state index contributed by atoms with van der Waals surface area (Å²) in [6, 6.07) is 7.90.